The Labute approximate surface area is 182 Å². The van der Waals surface area contributed by atoms with Crippen molar-refractivity contribution in [3.63, 3.8) is 0 Å². The first-order valence-corrected chi connectivity index (χ1v) is 11.8. The van der Waals surface area contributed by atoms with Crippen LogP contribution in [0.1, 0.15) is 41.8 Å². The third-order valence-electron chi connectivity index (χ3n) is 5.24. The van der Waals surface area contributed by atoms with Crippen LogP contribution in [0.2, 0.25) is 5.02 Å². The zero-order valence-electron chi connectivity index (χ0n) is 16.3. The summed E-state index contributed by atoms with van der Waals surface area (Å²) in [7, 11) is 1.73. The summed E-state index contributed by atoms with van der Waals surface area (Å²) in [6, 6.07) is 7.28. The SMILES string of the molecule is CC(NC(=O)CSc1nc2sc3c(c2c(=O)n1C)CCCC3)c1ccccc1Cl. The molecule has 0 fully saturated rings. The largest absolute Gasteiger partial charge is 0.349 e. The van der Waals surface area contributed by atoms with Crippen LogP contribution in [-0.2, 0) is 24.7 Å². The lowest BCUT2D eigenvalue weighted by atomic mass is 9.97. The molecule has 1 aliphatic carbocycles. The van der Waals surface area contributed by atoms with Gasteiger partial charge in [-0.3, -0.25) is 14.2 Å². The molecular weight excluding hydrogens is 426 g/mol. The Balaban J connectivity index is 1.49. The third kappa shape index (κ3) is 4.09. The fourth-order valence-electron chi connectivity index (χ4n) is 3.71. The van der Waals surface area contributed by atoms with Crippen molar-refractivity contribution in [3.05, 3.63) is 55.6 Å². The maximum absolute atomic E-state index is 12.9. The molecule has 0 spiro atoms. The summed E-state index contributed by atoms with van der Waals surface area (Å²) in [4.78, 5) is 32.2. The molecule has 1 atom stereocenters. The van der Waals surface area contributed by atoms with Gasteiger partial charge in [0.15, 0.2) is 5.16 Å². The molecule has 152 valence electrons. The van der Waals surface area contributed by atoms with Crippen molar-refractivity contribution in [1.82, 2.24) is 14.9 Å². The normalized spacial score (nSPS) is 14.6. The molecule has 0 radical (unpaired) electrons. The van der Waals surface area contributed by atoms with E-state index in [-0.39, 0.29) is 23.3 Å². The molecular formula is C21H22ClN3O2S2. The topological polar surface area (TPSA) is 64.0 Å². The third-order valence-corrected chi connectivity index (χ3v) is 7.80. The van der Waals surface area contributed by atoms with Gasteiger partial charge in [0.2, 0.25) is 5.91 Å². The lowest BCUT2D eigenvalue weighted by Gasteiger charge is -2.15. The molecule has 1 unspecified atom stereocenters. The van der Waals surface area contributed by atoms with Crippen LogP contribution in [0.3, 0.4) is 0 Å². The summed E-state index contributed by atoms with van der Waals surface area (Å²) < 4.78 is 1.57. The lowest BCUT2D eigenvalue weighted by Crippen LogP contribution is -2.29. The molecule has 1 aromatic carbocycles. The molecule has 4 rings (SSSR count). The van der Waals surface area contributed by atoms with Gasteiger partial charge in [0.25, 0.3) is 5.56 Å². The van der Waals surface area contributed by atoms with Crippen LogP contribution in [0.4, 0.5) is 0 Å². The predicted molar refractivity (Wildman–Crippen MR) is 120 cm³/mol. The quantitative estimate of drug-likeness (QED) is 0.462. The molecule has 8 heteroatoms. The van der Waals surface area contributed by atoms with Gasteiger partial charge >= 0.3 is 0 Å². The van der Waals surface area contributed by atoms with Gasteiger partial charge in [-0.2, -0.15) is 0 Å². The Hall–Kier alpha value is -1.83. The summed E-state index contributed by atoms with van der Waals surface area (Å²) in [6.07, 6.45) is 4.29. The number of thioether (sulfide) groups is 1. The standard InChI is InChI=1S/C21H22ClN3O2S2/c1-12(13-7-3-5-9-15(13)22)23-17(26)11-28-21-24-19-18(20(27)25(21)2)14-8-4-6-10-16(14)29-19/h3,5,7,9,12H,4,6,8,10-11H2,1-2H3,(H,23,26). The number of aryl methyl sites for hydroxylation is 2. The van der Waals surface area contributed by atoms with Crippen molar-refractivity contribution in [1.29, 1.82) is 0 Å². The molecule has 2 heterocycles. The summed E-state index contributed by atoms with van der Waals surface area (Å²) in [5, 5.41) is 4.93. The second-order valence-corrected chi connectivity index (χ2v) is 9.68. The molecule has 0 bridgehead atoms. The van der Waals surface area contributed by atoms with E-state index in [0.29, 0.717) is 10.2 Å². The van der Waals surface area contributed by atoms with Crippen LogP contribution in [0.25, 0.3) is 10.2 Å². The minimum Gasteiger partial charge on any atom is -0.349 e. The second kappa shape index (κ2) is 8.50. The van der Waals surface area contributed by atoms with Crippen molar-refractivity contribution >= 4 is 50.8 Å². The highest BCUT2D eigenvalue weighted by Crippen LogP contribution is 2.34. The molecule has 29 heavy (non-hydrogen) atoms. The van der Waals surface area contributed by atoms with Gasteiger partial charge in [-0.1, -0.05) is 41.6 Å². The monoisotopic (exact) mass is 447 g/mol. The maximum Gasteiger partial charge on any atom is 0.262 e. The molecule has 1 aliphatic rings. The van der Waals surface area contributed by atoms with Crippen LogP contribution in [0.5, 0.6) is 0 Å². The Bertz CT molecular complexity index is 1140. The Morgan fingerprint density at radius 3 is 2.90 bits per heavy atom. The number of rotatable bonds is 5. The zero-order chi connectivity index (χ0) is 20.5. The number of hydrogen-bond acceptors (Lipinski definition) is 5. The van der Waals surface area contributed by atoms with Crippen LogP contribution < -0.4 is 10.9 Å². The number of carbonyl (C=O) groups excluding carboxylic acids is 1. The molecule has 3 aromatic rings. The highest BCUT2D eigenvalue weighted by molar-refractivity contribution is 7.99. The fourth-order valence-corrected chi connectivity index (χ4v) is 6.10. The number of carbonyl (C=O) groups is 1. The number of fused-ring (bicyclic) bond motifs is 3. The highest BCUT2D eigenvalue weighted by atomic mass is 35.5. The van der Waals surface area contributed by atoms with Gasteiger partial charge in [0.1, 0.15) is 4.83 Å². The Morgan fingerprint density at radius 1 is 1.34 bits per heavy atom. The van der Waals surface area contributed by atoms with Gasteiger partial charge in [0.05, 0.1) is 17.2 Å². The van der Waals surface area contributed by atoms with E-state index in [1.54, 1.807) is 23.0 Å². The first-order chi connectivity index (χ1) is 14.0. The highest BCUT2D eigenvalue weighted by Gasteiger charge is 2.21. The number of nitrogens with one attached hydrogen (secondary N) is 1. The van der Waals surface area contributed by atoms with E-state index in [2.05, 4.69) is 5.32 Å². The zero-order valence-corrected chi connectivity index (χ0v) is 18.7. The molecule has 1 N–H and O–H groups in total. The minimum atomic E-state index is -0.194. The van der Waals surface area contributed by atoms with E-state index in [0.717, 1.165) is 35.0 Å². The second-order valence-electron chi connectivity index (χ2n) is 7.25. The first-order valence-electron chi connectivity index (χ1n) is 9.63. The lowest BCUT2D eigenvalue weighted by molar-refractivity contribution is -0.119. The Morgan fingerprint density at radius 2 is 2.10 bits per heavy atom. The van der Waals surface area contributed by atoms with Crippen LogP contribution in [-0.4, -0.2) is 21.2 Å². The van der Waals surface area contributed by atoms with Crippen molar-refractivity contribution in [2.75, 3.05) is 5.75 Å². The number of nitrogens with zero attached hydrogens (tertiary/aromatic N) is 2. The number of halogens is 1. The van der Waals surface area contributed by atoms with Crippen molar-refractivity contribution in [2.24, 2.45) is 7.05 Å². The molecule has 0 saturated heterocycles. The average Bonchev–Trinajstić information content (AvgIpc) is 3.08. The van der Waals surface area contributed by atoms with Crippen molar-refractivity contribution in [2.45, 2.75) is 43.8 Å². The fraction of sp³-hybridized carbons (Fsp3) is 0.381. The van der Waals surface area contributed by atoms with E-state index < -0.39 is 0 Å². The number of thiophene rings is 1. The van der Waals surface area contributed by atoms with E-state index in [9.17, 15) is 9.59 Å². The van der Waals surface area contributed by atoms with E-state index in [4.69, 9.17) is 16.6 Å². The number of benzene rings is 1. The van der Waals surface area contributed by atoms with E-state index in [1.165, 1.54) is 28.6 Å². The predicted octanol–water partition coefficient (Wildman–Crippen LogP) is 4.50. The van der Waals surface area contributed by atoms with E-state index >= 15 is 0 Å². The van der Waals surface area contributed by atoms with Gasteiger partial charge < -0.3 is 5.32 Å². The molecule has 1 amide bonds. The van der Waals surface area contributed by atoms with Crippen LogP contribution in [0.15, 0.2) is 34.2 Å². The van der Waals surface area contributed by atoms with Crippen LogP contribution in [0, 0.1) is 0 Å². The summed E-state index contributed by atoms with van der Waals surface area (Å²) >= 11 is 9.12. The molecule has 0 aliphatic heterocycles. The number of amides is 1. The molecule has 5 nitrogen and oxygen atoms in total. The first kappa shape index (κ1) is 20.4. The molecule has 2 aromatic heterocycles. The van der Waals surface area contributed by atoms with Gasteiger partial charge in [0, 0.05) is 16.9 Å². The van der Waals surface area contributed by atoms with Crippen LogP contribution >= 0.6 is 34.7 Å². The van der Waals surface area contributed by atoms with Gasteiger partial charge in [-0.15, -0.1) is 11.3 Å². The van der Waals surface area contributed by atoms with Gasteiger partial charge in [-0.05, 0) is 49.8 Å². The summed E-state index contributed by atoms with van der Waals surface area (Å²) in [5.74, 6) is 0.0633. The summed E-state index contributed by atoms with van der Waals surface area (Å²) in [5.41, 5.74) is 2.05. The van der Waals surface area contributed by atoms with E-state index in [1.807, 2.05) is 31.2 Å². The molecule has 0 saturated carbocycles. The average molecular weight is 448 g/mol. The van der Waals surface area contributed by atoms with Crippen molar-refractivity contribution in [3.8, 4) is 0 Å². The maximum atomic E-state index is 12.9. The van der Waals surface area contributed by atoms with Crippen molar-refractivity contribution < 1.29 is 4.79 Å². The number of hydrogen-bond donors (Lipinski definition) is 1. The minimum absolute atomic E-state index is 0.0123. The summed E-state index contributed by atoms with van der Waals surface area (Å²) in [6.45, 7) is 1.90. The number of aromatic nitrogens is 2. The van der Waals surface area contributed by atoms with Gasteiger partial charge in [-0.25, -0.2) is 4.98 Å². The Kier molecular flexibility index (Phi) is 5.99. The smallest absolute Gasteiger partial charge is 0.262 e.